The lowest BCUT2D eigenvalue weighted by Crippen LogP contribution is -2.01. The molecule has 2 nitrogen and oxygen atoms in total. The maximum Gasteiger partial charge on any atom is 0.0794 e. The van der Waals surface area contributed by atoms with Crippen LogP contribution in [0.25, 0.3) is 0 Å². The number of hydrogen-bond acceptors (Lipinski definition) is 3. The SMILES string of the molecule is Cc1cc(C(O)CCc2ccsc2)cc(C)n1. The molecule has 0 spiro atoms. The van der Waals surface area contributed by atoms with Crippen LogP contribution in [0.1, 0.15) is 35.0 Å². The molecule has 0 amide bonds. The van der Waals surface area contributed by atoms with Crippen molar-refractivity contribution in [1.29, 1.82) is 0 Å². The zero-order valence-corrected chi connectivity index (χ0v) is 11.0. The highest BCUT2D eigenvalue weighted by Crippen LogP contribution is 2.21. The minimum Gasteiger partial charge on any atom is -0.388 e. The molecule has 0 aromatic carbocycles. The van der Waals surface area contributed by atoms with Crippen molar-refractivity contribution in [3.05, 3.63) is 51.5 Å². The summed E-state index contributed by atoms with van der Waals surface area (Å²) in [6, 6.07) is 6.04. The van der Waals surface area contributed by atoms with Gasteiger partial charge in [0, 0.05) is 11.4 Å². The molecule has 1 atom stereocenters. The summed E-state index contributed by atoms with van der Waals surface area (Å²) in [5.41, 5.74) is 4.21. The van der Waals surface area contributed by atoms with Gasteiger partial charge in [0.05, 0.1) is 6.10 Å². The fraction of sp³-hybridized carbons (Fsp3) is 0.357. The summed E-state index contributed by atoms with van der Waals surface area (Å²) in [5, 5.41) is 14.4. The molecule has 1 unspecified atom stereocenters. The van der Waals surface area contributed by atoms with Gasteiger partial charge in [-0.3, -0.25) is 4.98 Å². The third kappa shape index (κ3) is 3.38. The van der Waals surface area contributed by atoms with Crippen molar-refractivity contribution < 1.29 is 5.11 Å². The number of rotatable bonds is 4. The standard InChI is InChI=1S/C14H17NOS/c1-10-7-13(8-11(2)15-10)14(16)4-3-12-5-6-17-9-12/h5-9,14,16H,3-4H2,1-2H3. The maximum absolute atomic E-state index is 10.1. The predicted octanol–water partition coefficient (Wildman–Crippen LogP) is 3.43. The van der Waals surface area contributed by atoms with Crippen LogP contribution in [0.15, 0.2) is 29.0 Å². The summed E-state index contributed by atoms with van der Waals surface area (Å²) in [7, 11) is 0. The van der Waals surface area contributed by atoms with E-state index in [-0.39, 0.29) is 0 Å². The van der Waals surface area contributed by atoms with Crippen molar-refractivity contribution >= 4 is 11.3 Å². The molecule has 2 aromatic heterocycles. The Morgan fingerprint density at radius 3 is 2.59 bits per heavy atom. The minimum absolute atomic E-state index is 0.393. The van der Waals surface area contributed by atoms with Gasteiger partial charge in [-0.2, -0.15) is 11.3 Å². The highest BCUT2D eigenvalue weighted by molar-refractivity contribution is 7.07. The molecule has 0 aliphatic carbocycles. The summed E-state index contributed by atoms with van der Waals surface area (Å²) < 4.78 is 0. The molecule has 17 heavy (non-hydrogen) atoms. The normalized spacial score (nSPS) is 12.6. The lowest BCUT2D eigenvalue weighted by atomic mass is 10.0. The summed E-state index contributed by atoms with van der Waals surface area (Å²) in [5.74, 6) is 0. The molecule has 0 fully saturated rings. The van der Waals surface area contributed by atoms with Crippen LogP contribution in [0.5, 0.6) is 0 Å². The van der Waals surface area contributed by atoms with E-state index < -0.39 is 6.10 Å². The Morgan fingerprint density at radius 2 is 2.00 bits per heavy atom. The Hall–Kier alpha value is -1.19. The number of aliphatic hydroxyl groups excluding tert-OH is 1. The molecule has 3 heteroatoms. The third-order valence-electron chi connectivity index (χ3n) is 2.78. The van der Waals surface area contributed by atoms with Crippen LogP contribution in [0.2, 0.25) is 0 Å². The summed E-state index contributed by atoms with van der Waals surface area (Å²) in [6.07, 6.45) is 1.29. The Balaban J connectivity index is 2.01. The van der Waals surface area contributed by atoms with Gasteiger partial charge in [-0.05, 0) is 66.8 Å². The molecule has 2 rings (SSSR count). The zero-order valence-electron chi connectivity index (χ0n) is 10.2. The molecule has 0 bridgehead atoms. The van der Waals surface area contributed by atoms with Gasteiger partial charge >= 0.3 is 0 Å². The summed E-state index contributed by atoms with van der Waals surface area (Å²) in [4.78, 5) is 4.32. The smallest absolute Gasteiger partial charge is 0.0794 e. The van der Waals surface area contributed by atoms with E-state index in [1.807, 2.05) is 26.0 Å². The van der Waals surface area contributed by atoms with Gasteiger partial charge < -0.3 is 5.11 Å². The van der Waals surface area contributed by atoms with Crippen LogP contribution in [-0.4, -0.2) is 10.1 Å². The molecule has 0 aliphatic heterocycles. The van der Waals surface area contributed by atoms with Gasteiger partial charge in [0.2, 0.25) is 0 Å². The average molecular weight is 247 g/mol. The van der Waals surface area contributed by atoms with Gasteiger partial charge in [-0.25, -0.2) is 0 Å². The second kappa shape index (κ2) is 5.43. The van der Waals surface area contributed by atoms with Gasteiger partial charge in [0.15, 0.2) is 0 Å². The predicted molar refractivity (Wildman–Crippen MR) is 71.3 cm³/mol. The maximum atomic E-state index is 10.1. The number of aryl methyl sites for hydroxylation is 3. The molecule has 90 valence electrons. The lowest BCUT2D eigenvalue weighted by Gasteiger charge is -2.11. The first kappa shape index (κ1) is 12.3. The summed E-state index contributed by atoms with van der Waals surface area (Å²) >= 11 is 1.70. The van der Waals surface area contributed by atoms with E-state index in [4.69, 9.17) is 0 Å². The van der Waals surface area contributed by atoms with Crippen LogP contribution >= 0.6 is 11.3 Å². The minimum atomic E-state index is -0.393. The van der Waals surface area contributed by atoms with E-state index in [1.54, 1.807) is 11.3 Å². The number of hydrogen-bond donors (Lipinski definition) is 1. The molecule has 1 N–H and O–H groups in total. The zero-order chi connectivity index (χ0) is 12.3. The van der Waals surface area contributed by atoms with E-state index in [2.05, 4.69) is 21.8 Å². The van der Waals surface area contributed by atoms with Crippen molar-refractivity contribution in [1.82, 2.24) is 4.98 Å². The van der Waals surface area contributed by atoms with Crippen LogP contribution in [-0.2, 0) is 6.42 Å². The van der Waals surface area contributed by atoms with Crippen molar-refractivity contribution in [3.63, 3.8) is 0 Å². The van der Waals surface area contributed by atoms with E-state index in [1.165, 1.54) is 5.56 Å². The quantitative estimate of drug-likeness (QED) is 0.898. The Morgan fingerprint density at radius 1 is 1.29 bits per heavy atom. The Kier molecular flexibility index (Phi) is 3.92. The van der Waals surface area contributed by atoms with E-state index in [0.29, 0.717) is 0 Å². The number of aliphatic hydroxyl groups is 1. The molecular weight excluding hydrogens is 230 g/mol. The first-order valence-electron chi connectivity index (χ1n) is 5.79. The molecule has 0 radical (unpaired) electrons. The number of pyridine rings is 1. The van der Waals surface area contributed by atoms with Crippen LogP contribution in [0, 0.1) is 13.8 Å². The number of nitrogens with zero attached hydrogens (tertiary/aromatic N) is 1. The van der Waals surface area contributed by atoms with Gasteiger partial charge in [0.25, 0.3) is 0 Å². The van der Waals surface area contributed by atoms with Crippen molar-refractivity contribution in [3.8, 4) is 0 Å². The largest absolute Gasteiger partial charge is 0.388 e. The Labute approximate surface area is 106 Å². The lowest BCUT2D eigenvalue weighted by molar-refractivity contribution is 0.167. The van der Waals surface area contributed by atoms with Crippen LogP contribution in [0.4, 0.5) is 0 Å². The highest BCUT2D eigenvalue weighted by atomic mass is 32.1. The number of thiophene rings is 1. The van der Waals surface area contributed by atoms with Crippen molar-refractivity contribution in [2.75, 3.05) is 0 Å². The van der Waals surface area contributed by atoms with Gasteiger partial charge in [0.1, 0.15) is 0 Å². The molecule has 2 aromatic rings. The van der Waals surface area contributed by atoms with Crippen molar-refractivity contribution in [2.45, 2.75) is 32.8 Å². The first-order valence-corrected chi connectivity index (χ1v) is 6.74. The fourth-order valence-corrected chi connectivity index (χ4v) is 2.67. The third-order valence-corrected chi connectivity index (χ3v) is 3.51. The molecule has 2 heterocycles. The highest BCUT2D eigenvalue weighted by Gasteiger charge is 2.09. The monoisotopic (exact) mass is 247 g/mol. The van der Waals surface area contributed by atoms with Crippen LogP contribution in [0.3, 0.4) is 0 Å². The first-order chi connectivity index (χ1) is 8.15. The summed E-state index contributed by atoms with van der Waals surface area (Å²) in [6.45, 7) is 3.92. The van der Waals surface area contributed by atoms with E-state index in [9.17, 15) is 5.11 Å². The fourth-order valence-electron chi connectivity index (χ4n) is 1.96. The molecular formula is C14H17NOS. The average Bonchev–Trinajstić information content (AvgIpc) is 2.77. The van der Waals surface area contributed by atoms with Gasteiger partial charge in [-0.1, -0.05) is 0 Å². The second-order valence-corrected chi connectivity index (χ2v) is 5.15. The van der Waals surface area contributed by atoms with Crippen molar-refractivity contribution in [2.24, 2.45) is 0 Å². The second-order valence-electron chi connectivity index (χ2n) is 4.37. The Bertz CT molecular complexity index is 459. The molecule has 0 saturated heterocycles. The van der Waals surface area contributed by atoms with E-state index in [0.717, 1.165) is 29.8 Å². The van der Waals surface area contributed by atoms with Gasteiger partial charge in [-0.15, -0.1) is 0 Å². The van der Waals surface area contributed by atoms with E-state index >= 15 is 0 Å². The molecule has 0 aliphatic rings. The topological polar surface area (TPSA) is 33.1 Å². The van der Waals surface area contributed by atoms with Crippen LogP contribution < -0.4 is 0 Å². The molecule has 0 saturated carbocycles. The number of aromatic nitrogens is 1.